The molecule has 0 bridgehead atoms. The van der Waals surface area contributed by atoms with Gasteiger partial charge in [-0.05, 0) is 6.42 Å². The van der Waals surface area contributed by atoms with Crippen molar-refractivity contribution in [2.75, 3.05) is 95.0 Å². The standard InChI is InChI=1S/C9H18N6.C7H15Cl2N2O2P/c1-13(2)7-10-8(14(3)4)12-9(11-7)15(5)6;8-2-4-10-14(12)11(6-3-9)5-1-7-13-14/h1-6H3;1-7H2,(H,10,12). The first kappa shape index (κ1) is 26.1. The van der Waals surface area contributed by atoms with Gasteiger partial charge in [0, 0.05) is 73.7 Å². The molecular formula is C16H33Cl2N8O2P. The zero-order valence-electron chi connectivity index (χ0n) is 18.1. The number of hydrogen-bond acceptors (Lipinski definition) is 8. The predicted molar refractivity (Wildman–Crippen MR) is 122 cm³/mol. The van der Waals surface area contributed by atoms with Crippen molar-refractivity contribution in [2.45, 2.75) is 6.42 Å². The van der Waals surface area contributed by atoms with Gasteiger partial charge in [0.1, 0.15) is 0 Å². The highest BCUT2D eigenvalue weighted by atomic mass is 35.5. The van der Waals surface area contributed by atoms with Gasteiger partial charge in [-0.2, -0.15) is 15.0 Å². The Kier molecular flexibility index (Phi) is 11.5. The number of nitrogens with zero attached hydrogens (tertiary/aromatic N) is 7. The van der Waals surface area contributed by atoms with Crippen molar-refractivity contribution in [3.8, 4) is 0 Å². The zero-order valence-corrected chi connectivity index (χ0v) is 20.5. The average Bonchev–Trinajstić information content (AvgIpc) is 2.68. The van der Waals surface area contributed by atoms with Crippen LogP contribution in [0.5, 0.6) is 0 Å². The van der Waals surface area contributed by atoms with Crippen LogP contribution in [0.2, 0.25) is 0 Å². The lowest BCUT2D eigenvalue weighted by Crippen LogP contribution is -2.36. The third-order valence-electron chi connectivity index (χ3n) is 3.75. The number of nitrogens with one attached hydrogen (secondary N) is 1. The molecule has 0 radical (unpaired) electrons. The summed E-state index contributed by atoms with van der Waals surface area (Å²) in [5.74, 6) is 2.87. The Morgan fingerprint density at radius 2 is 1.45 bits per heavy atom. The van der Waals surface area contributed by atoms with E-state index in [-0.39, 0.29) is 0 Å². The number of rotatable bonds is 8. The van der Waals surface area contributed by atoms with Crippen molar-refractivity contribution >= 4 is 48.7 Å². The fraction of sp³-hybridized carbons (Fsp3) is 0.812. The largest absolute Gasteiger partial charge is 0.347 e. The lowest BCUT2D eigenvalue weighted by molar-refractivity contribution is 0.203. The van der Waals surface area contributed by atoms with Gasteiger partial charge >= 0.3 is 7.67 Å². The molecule has 2 rings (SSSR count). The molecule has 1 saturated heterocycles. The molecule has 10 nitrogen and oxygen atoms in total. The molecule has 1 unspecified atom stereocenters. The van der Waals surface area contributed by atoms with Crippen LogP contribution in [0.4, 0.5) is 17.8 Å². The second-order valence-electron chi connectivity index (χ2n) is 6.87. The molecule has 2 heterocycles. The van der Waals surface area contributed by atoms with Crippen LogP contribution in [0.1, 0.15) is 6.42 Å². The summed E-state index contributed by atoms with van der Waals surface area (Å²) < 4.78 is 19.2. The van der Waals surface area contributed by atoms with Crippen molar-refractivity contribution in [1.82, 2.24) is 24.7 Å². The molecule has 1 aliphatic heterocycles. The van der Waals surface area contributed by atoms with E-state index in [0.29, 0.717) is 49.3 Å². The van der Waals surface area contributed by atoms with Crippen LogP contribution < -0.4 is 19.8 Å². The molecule has 1 aliphatic rings. The second-order valence-corrected chi connectivity index (χ2v) is 9.80. The lowest BCUT2D eigenvalue weighted by Gasteiger charge is -2.34. The van der Waals surface area contributed by atoms with E-state index >= 15 is 0 Å². The minimum absolute atomic E-state index is 0.419. The van der Waals surface area contributed by atoms with E-state index < -0.39 is 7.67 Å². The van der Waals surface area contributed by atoms with E-state index in [1.165, 1.54) is 0 Å². The zero-order chi connectivity index (χ0) is 22.0. The second kappa shape index (κ2) is 12.7. The summed E-state index contributed by atoms with van der Waals surface area (Å²) in [6.45, 7) is 2.36. The molecule has 1 N–H and O–H groups in total. The molecule has 0 saturated carbocycles. The number of halogens is 2. The highest BCUT2D eigenvalue weighted by molar-refractivity contribution is 7.54. The lowest BCUT2D eigenvalue weighted by atomic mass is 10.4. The van der Waals surface area contributed by atoms with E-state index in [4.69, 9.17) is 27.7 Å². The van der Waals surface area contributed by atoms with Crippen LogP contribution in [0.15, 0.2) is 0 Å². The summed E-state index contributed by atoms with van der Waals surface area (Å²) in [6, 6.07) is 0. The van der Waals surface area contributed by atoms with Crippen LogP contribution in [-0.2, 0) is 9.09 Å². The van der Waals surface area contributed by atoms with Crippen LogP contribution in [0.25, 0.3) is 0 Å². The van der Waals surface area contributed by atoms with E-state index in [0.717, 1.165) is 13.0 Å². The summed E-state index contributed by atoms with van der Waals surface area (Å²) >= 11 is 11.1. The molecule has 29 heavy (non-hydrogen) atoms. The molecule has 0 aliphatic carbocycles. The monoisotopic (exact) mass is 470 g/mol. The molecule has 13 heteroatoms. The Morgan fingerprint density at radius 1 is 0.966 bits per heavy atom. The third kappa shape index (κ3) is 8.39. The van der Waals surface area contributed by atoms with Crippen LogP contribution >= 0.6 is 30.9 Å². The SMILES string of the molecule is CN(C)c1nc(N(C)C)nc(N(C)C)n1.O=P1(NCCCl)OCCCN1CCCl. The minimum atomic E-state index is -2.84. The smallest absolute Gasteiger partial charge is 0.343 e. The Morgan fingerprint density at radius 3 is 1.83 bits per heavy atom. The highest BCUT2D eigenvalue weighted by Crippen LogP contribution is 2.48. The van der Waals surface area contributed by atoms with Gasteiger partial charge in [-0.15, -0.1) is 23.2 Å². The van der Waals surface area contributed by atoms with Gasteiger partial charge in [-0.25, -0.2) is 9.76 Å². The van der Waals surface area contributed by atoms with Crippen LogP contribution in [0, 0.1) is 0 Å². The first-order valence-electron chi connectivity index (χ1n) is 9.29. The molecule has 1 atom stereocenters. The van der Waals surface area contributed by atoms with Gasteiger partial charge in [-0.1, -0.05) is 0 Å². The molecule has 0 aromatic carbocycles. The van der Waals surface area contributed by atoms with Crippen molar-refractivity contribution in [2.24, 2.45) is 0 Å². The summed E-state index contributed by atoms with van der Waals surface area (Å²) in [5, 5.41) is 2.85. The normalized spacial score (nSPS) is 19.3. The highest BCUT2D eigenvalue weighted by Gasteiger charge is 2.33. The fourth-order valence-electron chi connectivity index (χ4n) is 2.26. The van der Waals surface area contributed by atoms with Crippen molar-refractivity contribution in [3.63, 3.8) is 0 Å². The Bertz CT molecular complexity index is 599. The maximum absolute atomic E-state index is 12.2. The third-order valence-corrected chi connectivity index (χ3v) is 6.41. The Labute approximate surface area is 184 Å². The van der Waals surface area contributed by atoms with Gasteiger partial charge in [0.2, 0.25) is 17.8 Å². The van der Waals surface area contributed by atoms with E-state index in [1.807, 2.05) is 57.0 Å². The minimum Gasteiger partial charge on any atom is -0.347 e. The number of alkyl halides is 2. The van der Waals surface area contributed by atoms with Gasteiger partial charge in [0.15, 0.2) is 0 Å². The first-order chi connectivity index (χ1) is 13.6. The van der Waals surface area contributed by atoms with Gasteiger partial charge in [0.05, 0.1) is 6.61 Å². The first-order valence-corrected chi connectivity index (χ1v) is 11.9. The van der Waals surface area contributed by atoms with Gasteiger partial charge in [0.25, 0.3) is 0 Å². The molecule has 0 amide bonds. The molecule has 1 aromatic heterocycles. The molecular weight excluding hydrogens is 438 g/mol. The summed E-state index contributed by atoms with van der Waals surface area (Å²) in [5.41, 5.74) is 0. The predicted octanol–water partition coefficient (Wildman–Crippen LogP) is 1.95. The Balaban J connectivity index is 0.000000291. The maximum Gasteiger partial charge on any atom is 0.343 e. The summed E-state index contributed by atoms with van der Waals surface area (Å²) in [7, 11) is 8.62. The van der Waals surface area contributed by atoms with E-state index in [1.54, 1.807) is 4.67 Å². The van der Waals surface area contributed by atoms with E-state index in [2.05, 4.69) is 20.0 Å². The summed E-state index contributed by atoms with van der Waals surface area (Å²) in [4.78, 5) is 18.5. The maximum atomic E-state index is 12.2. The molecule has 1 aromatic rings. The van der Waals surface area contributed by atoms with Crippen molar-refractivity contribution in [3.05, 3.63) is 0 Å². The average molecular weight is 471 g/mol. The van der Waals surface area contributed by atoms with E-state index in [9.17, 15) is 4.57 Å². The topological polar surface area (TPSA) is 90.0 Å². The van der Waals surface area contributed by atoms with Crippen molar-refractivity contribution < 1.29 is 9.09 Å². The van der Waals surface area contributed by atoms with Crippen molar-refractivity contribution in [1.29, 1.82) is 0 Å². The number of aromatic nitrogens is 3. The Hall–Kier alpha value is -0.900. The van der Waals surface area contributed by atoms with Gasteiger partial charge in [-0.3, -0.25) is 4.57 Å². The number of hydrogen-bond donors (Lipinski definition) is 1. The molecule has 1 fully saturated rings. The van der Waals surface area contributed by atoms with Crippen LogP contribution in [0.3, 0.4) is 0 Å². The fourth-order valence-corrected chi connectivity index (χ4v) is 4.80. The quantitative estimate of drug-likeness (QED) is 0.448. The summed E-state index contributed by atoms with van der Waals surface area (Å²) in [6.07, 6.45) is 0.892. The molecule has 0 spiro atoms. The van der Waals surface area contributed by atoms with Crippen LogP contribution in [-0.4, -0.2) is 99.9 Å². The number of anilines is 3. The van der Waals surface area contributed by atoms with Gasteiger partial charge < -0.3 is 19.2 Å². The molecule has 168 valence electrons.